The lowest BCUT2D eigenvalue weighted by molar-refractivity contribution is -0.123. The van der Waals surface area contributed by atoms with Gasteiger partial charge in [0.2, 0.25) is 12.7 Å². The summed E-state index contributed by atoms with van der Waals surface area (Å²) in [5, 5.41) is 0. The van der Waals surface area contributed by atoms with E-state index in [1.165, 1.54) is 10.5 Å². The van der Waals surface area contributed by atoms with Crippen LogP contribution in [0.4, 0.5) is 5.69 Å². The van der Waals surface area contributed by atoms with Gasteiger partial charge in [-0.15, -0.1) is 0 Å². The Hall–Kier alpha value is -3.10. The van der Waals surface area contributed by atoms with Crippen molar-refractivity contribution in [3.63, 3.8) is 0 Å². The molecule has 2 saturated heterocycles. The van der Waals surface area contributed by atoms with Gasteiger partial charge < -0.3 is 14.2 Å². The zero-order chi connectivity index (χ0) is 22.8. The second kappa shape index (κ2) is 9.41. The van der Waals surface area contributed by atoms with Crippen LogP contribution in [0.1, 0.15) is 25.3 Å². The molecule has 0 N–H and O–H groups in total. The van der Waals surface area contributed by atoms with Gasteiger partial charge in [0.1, 0.15) is 5.75 Å². The lowest BCUT2D eigenvalue weighted by atomic mass is 10.1. The normalized spacial score (nSPS) is 21.1. The fourth-order valence-corrected chi connectivity index (χ4v) is 4.61. The largest absolute Gasteiger partial charge is 0.494 e. The fraction of sp³-hybridized carbons (Fsp3) is 0.440. The molecule has 3 aliphatic rings. The Morgan fingerprint density at radius 2 is 1.73 bits per heavy atom. The molecule has 174 valence electrons. The Bertz CT molecular complexity index is 1020. The van der Waals surface area contributed by atoms with Crippen molar-refractivity contribution < 1.29 is 23.8 Å². The Morgan fingerprint density at radius 1 is 0.970 bits per heavy atom. The van der Waals surface area contributed by atoms with Gasteiger partial charge in [0.25, 0.3) is 5.91 Å². The summed E-state index contributed by atoms with van der Waals surface area (Å²) in [4.78, 5) is 31.7. The lowest BCUT2D eigenvalue weighted by Crippen LogP contribution is -2.52. The second-order valence-electron chi connectivity index (χ2n) is 8.63. The number of amides is 2. The number of nitrogens with zero attached hydrogens (tertiary/aromatic N) is 3. The van der Waals surface area contributed by atoms with Crippen LogP contribution in [0, 0.1) is 0 Å². The van der Waals surface area contributed by atoms with E-state index in [1.54, 1.807) is 12.1 Å². The maximum absolute atomic E-state index is 13.1. The number of ether oxygens (including phenoxy) is 3. The number of rotatable bonds is 7. The van der Waals surface area contributed by atoms with Gasteiger partial charge in [0, 0.05) is 32.7 Å². The molecule has 0 radical (unpaired) electrons. The fourth-order valence-electron chi connectivity index (χ4n) is 4.61. The van der Waals surface area contributed by atoms with E-state index in [0.717, 1.165) is 56.4 Å². The summed E-state index contributed by atoms with van der Waals surface area (Å²) in [5.41, 5.74) is 1.79. The molecule has 0 saturated carbocycles. The van der Waals surface area contributed by atoms with Gasteiger partial charge in [-0.2, -0.15) is 0 Å². The van der Waals surface area contributed by atoms with Crippen LogP contribution in [-0.2, 0) is 16.1 Å². The number of carbonyl (C=O) groups is 2. The first kappa shape index (κ1) is 21.7. The van der Waals surface area contributed by atoms with Gasteiger partial charge >= 0.3 is 0 Å². The third-order valence-electron chi connectivity index (χ3n) is 6.38. The average Bonchev–Trinajstić information content (AvgIpc) is 3.42. The zero-order valence-electron chi connectivity index (χ0n) is 18.9. The van der Waals surface area contributed by atoms with Crippen molar-refractivity contribution in [3.05, 3.63) is 48.0 Å². The lowest BCUT2D eigenvalue weighted by Gasteiger charge is -2.37. The van der Waals surface area contributed by atoms with Crippen molar-refractivity contribution in [1.82, 2.24) is 9.80 Å². The highest BCUT2D eigenvalue weighted by Crippen LogP contribution is 2.33. The van der Waals surface area contributed by atoms with Crippen LogP contribution in [0.5, 0.6) is 17.2 Å². The monoisotopic (exact) mass is 451 g/mol. The smallest absolute Gasteiger partial charge is 0.251 e. The van der Waals surface area contributed by atoms with Crippen molar-refractivity contribution >= 4 is 17.5 Å². The van der Waals surface area contributed by atoms with Crippen molar-refractivity contribution in [2.75, 3.05) is 44.5 Å². The van der Waals surface area contributed by atoms with E-state index < -0.39 is 0 Å². The molecule has 2 aromatic carbocycles. The summed E-state index contributed by atoms with van der Waals surface area (Å²) >= 11 is 0. The molecular formula is C25H29N3O5. The third-order valence-corrected chi connectivity index (χ3v) is 6.38. The SMILES string of the molecule is CCCOc1ccc(N2C(=O)C[C@H](N3CCN(Cc4ccc5c(c4)OCO5)CC3)C2=O)cc1. The minimum Gasteiger partial charge on any atom is -0.494 e. The van der Waals surface area contributed by atoms with E-state index in [2.05, 4.69) is 15.9 Å². The summed E-state index contributed by atoms with van der Waals surface area (Å²) in [5.74, 6) is 2.06. The van der Waals surface area contributed by atoms with Crippen LogP contribution in [0.25, 0.3) is 0 Å². The third kappa shape index (κ3) is 4.54. The van der Waals surface area contributed by atoms with Gasteiger partial charge in [-0.05, 0) is 48.4 Å². The minimum absolute atomic E-state index is 0.133. The Balaban J connectivity index is 1.17. The Labute approximate surface area is 193 Å². The van der Waals surface area contributed by atoms with Gasteiger partial charge in [-0.1, -0.05) is 13.0 Å². The predicted octanol–water partition coefficient (Wildman–Crippen LogP) is 2.65. The number of fused-ring (bicyclic) bond motifs is 1. The van der Waals surface area contributed by atoms with Crippen molar-refractivity contribution in [1.29, 1.82) is 0 Å². The molecule has 0 spiro atoms. The van der Waals surface area contributed by atoms with Crippen LogP contribution in [0.15, 0.2) is 42.5 Å². The van der Waals surface area contributed by atoms with Crippen LogP contribution in [0.3, 0.4) is 0 Å². The van der Waals surface area contributed by atoms with E-state index in [4.69, 9.17) is 14.2 Å². The van der Waals surface area contributed by atoms with Crippen molar-refractivity contribution in [3.8, 4) is 17.2 Å². The van der Waals surface area contributed by atoms with Crippen LogP contribution in [0.2, 0.25) is 0 Å². The van der Waals surface area contributed by atoms with E-state index in [1.807, 2.05) is 31.2 Å². The molecule has 8 nitrogen and oxygen atoms in total. The molecule has 2 fully saturated rings. The van der Waals surface area contributed by atoms with Crippen molar-refractivity contribution in [2.24, 2.45) is 0 Å². The summed E-state index contributed by atoms with van der Waals surface area (Å²) in [6, 6.07) is 12.9. The van der Waals surface area contributed by atoms with Crippen LogP contribution in [-0.4, -0.2) is 67.2 Å². The first-order valence-corrected chi connectivity index (χ1v) is 11.6. The minimum atomic E-state index is -0.388. The highest BCUT2D eigenvalue weighted by Gasteiger charge is 2.43. The quantitative estimate of drug-likeness (QED) is 0.600. The number of imide groups is 1. The number of hydrogen-bond acceptors (Lipinski definition) is 7. The molecule has 1 atom stereocenters. The molecule has 0 bridgehead atoms. The maximum atomic E-state index is 13.1. The zero-order valence-corrected chi connectivity index (χ0v) is 18.9. The molecule has 3 heterocycles. The van der Waals surface area contributed by atoms with E-state index in [0.29, 0.717) is 12.3 Å². The maximum Gasteiger partial charge on any atom is 0.251 e. The van der Waals surface area contributed by atoms with Gasteiger partial charge in [0.15, 0.2) is 11.5 Å². The summed E-state index contributed by atoms with van der Waals surface area (Å²) in [7, 11) is 0. The number of carbonyl (C=O) groups excluding carboxylic acids is 2. The van der Waals surface area contributed by atoms with Gasteiger partial charge in [0.05, 0.1) is 24.8 Å². The van der Waals surface area contributed by atoms with E-state index in [-0.39, 0.29) is 31.1 Å². The topological polar surface area (TPSA) is 71.6 Å². The average molecular weight is 452 g/mol. The molecule has 3 aliphatic heterocycles. The van der Waals surface area contributed by atoms with Gasteiger partial charge in [-0.25, -0.2) is 4.90 Å². The van der Waals surface area contributed by atoms with Gasteiger partial charge in [-0.3, -0.25) is 19.4 Å². The van der Waals surface area contributed by atoms with Crippen molar-refractivity contribution in [2.45, 2.75) is 32.4 Å². The van der Waals surface area contributed by atoms with Crippen LogP contribution >= 0.6 is 0 Å². The molecule has 8 heteroatoms. The van der Waals surface area contributed by atoms with E-state index in [9.17, 15) is 9.59 Å². The predicted molar refractivity (Wildman–Crippen MR) is 123 cm³/mol. The second-order valence-corrected chi connectivity index (χ2v) is 8.63. The Kier molecular flexibility index (Phi) is 6.20. The highest BCUT2D eigenvalue weighted by atomic mass is 16.7. The number of benzene rings is 2. The molecule has 0 aromatic heterocycles. The number of anilines is 1. The summed E-state index contributed by atoms with van der Waals surface area (Å²) in [6.45, 7) is 6.99. The van der Waals surface area contributed by atoms with Crippen LogP contribution < -0.4 is 19.1 Å². The molecule has 2 aromatic rings. The first-order valence-electron chi connectivity index (χ1n) is 11.6. The first-order chi connectivity index (χ1) is 16.1. The number of piperazine rings is 1. The summed E-state index contributed by atoms with van der Waals surface area (Å²) in [6.07, 6.45) is 1.16. The molecule has 2 amide bonds. The highest BCUT2D eigenvalue weighted by molar-refractivity contribution is 6.22. The summed E-state index contributed by atoms with van der Waals surface area (Å²) < 4.78 is 16.5. The Morgan fingerprint density at radius 3 is 2.48 bits per heavy atom. The number of hydrogen-bond donors (Lipinski definition) is 0. The molecule has 5 rings (SSSR count). The van der Waals surface area contributed by atoms with E-state index >= 15 is 0 Å². The standard InChI is InChI=1S/C25H29N3O5/c1-2-13-31-20-6-4-19(5-7-20)28-24(29)15-21(25(28)30)27-11-9-26(10-12-27)16-18-3-8-22-23(14-18)33-17-32-22/h3-8,14,21H,2,9-13,15-17H2,1H3/t21-/m0/s1. The molecule has 33 heavy (non-hydrogen) atoms. The molecular weight excluding hydrogens is 422 g/mol. The molecule has 0 aliphatic carbocycles. The molecule has 0 unspecified atom stereocenters.